The molecule has 20 heavy (non-hydrogen) atoms. The van der Waals surface area contributed by atoms with Crippen LogP contribution in [0.1, 0.15) is 45.6 Å². The summed E-state index contributed by atoms with van der Waals surface area (Å²) in [6, 6.07) is 6.27. The van der Waals surface area contributed by atoms with Gasteiger partial charge in [0.05, 0.1) is 0 Å². The molecule has 1 nitrogen and oxygen atoms in total. The predicted molar refractivity (Wildman–Crippen MR) is 90.0 cm³/mol. The second-order valence-electron chi connectivity index (χ2n) is 6.89. The van der Waals surface area contributed by atoms with Crippen molar-refractivity contribution in [1.82, 2.24) is 0 Å². The van der Waals surface area contributed by atoms with Crippen LogP contribution in [0.5, 0.6) is 0 Å². The molecule has 0 spiro atoms. The van der Waals surface area contributed by atoms with E-state index in [2.05, 4.69) is 43.9 Å². The summed E-state index contributed by atoms with van der Waals surface area (Å²) in [4.78, 5) is 2.47. The minimum Gasteiger partial charge on any atom is -0.371 e. The second-order valence-corrected chi connectivity index (χ2v) is 7.56. The van der Waals surface area contributed by atoms with Crippen LogP contribution < -0.4 is 4.90 Å². The zero-order valence-electron chi connectivity index (χ0n) is 12.8. The van der Waals surface area contributed by atoms with Crippen molar-refractivity contribution < 1.29 is 0 Å². The molecule has 0 bridgehead atoms. The highest BCUT2D eigenvalue weighted by atomic mass is 35.5. The van der Waals surface area contributed by atoms with E-state index in [0.717, 1.165) is 29.6 Å². The molecule has 1 aliphatic heterocycles. The highest BCUT2D eigenvalue weighted by Crippen LogP contribution is 2.35. The van der Waals surface area contributed by atoms with Crippen molar-refractivity contribution in [3.8, 4) is 0 Å². The Labute approximate surface area is 133 Å². The molecule has 0 N–H and O–H groups in total. The summed E-state index contributed by atoms with van der Waals surface area (Å²) in [5.74, 6) is 1.29. The average molecular weight is 314 g/mol. The Kier molecular flexibility index (Phi) is 5.25. The number of hydrogen-bond donors (Lipinski definition) is 0. The lowest BCUT2D eigenvalue weighted by molar-refractivity contribution is 0.220. The standard InChI is InChI=1S/C17H25Cl2N/c1-17(2,3)14-5-4-9-20(10-8-14)15-7-6-13(12-18)16(19)11-15/h6-7,11,14H,4-5,8-10,12H2,1-3H3. The van der Waals surface area contributed by atoms with Crippen molar-refractivity contribution in [1.29, 1.82) is 0 Å². The molecule has 0 amide bonds. The first-order valence-corrected chi connectivity index (χ1v) is 8.42. The SMILES string of the molecule is CC(C)(C)C1CCCN(c2ccc(CCl)c(Cl)c2)CC1. The fourth-order valence-electron chi connectivity index (χ4n) is 3.06. The van der Waals surface area contributed by atoms with Crippen molar-refractivity contribution in [2.45, 2.75) is 45.9 Å². The van der Waals surface area contributed by atoms with Gasteiger partial charge in [-0.1, -0.05) is 38.4 Å². The van der Waals surface area contributed by atoms with Crippen LogP contribution in [-0.2, 0) is 5.88 Å². The first-order chi connectivity index (χ1) is 9.41. The third kappa shape index (κ3) is 3.83. The number of benzene rings is 1. The monoisotopic (exact) mass is 313 g/mol. The van der Waals surface area contributed by atoms with E-state index < -0.39 is 0 Å². The van der Waals surface area contributed by atoms with Crippen molar-refractivity contribution in [2.24, 2.45) is 11.3 Å². The highest BCUT2D eigenvalue weighted by Gasteiger charge is 2.27. The van der Waals surface area contributed by atoms with E-state index in [4.69, 9.17) is 23.2 Å². The number of halogens is 2. The van der Waals surface area contributed by atoms with Crippen LogP contribution in [0.15, 0.2) is 18.2 Å². The van der Waals surface area contributed by atoms with Crippen LogP contribution in [-0.4, -0.2) is 13.1 Å². The molecule has 1 fully saturated rings. The van der Waals surface area contributed by atoms with Gasteiger partial charge < -0.3 is 4.90 Å². The second kappa shape index (κ2) is 6.58. The Morgan fingerprint density at radius 2 is 1.95 bits per heavy atom. The molecule has 0 aliphatic carbocycles. The van der Waals surface area contributed by atoms with Crippen molar-refractivity contribution in [2.75, 3.05) is 18.0 Å². The maximum Gasteiger partial charge on any atom is 0.0488 e. The molecule has 2 rings (SSSR count). The first-order valence-electron chi connectivity index (χ1n) is 7.51. The van der Waals surface area contributed by atoms with Gasteiger partial charge in [0.1, 0.15) is 0 Å². The predicted octanol–water partition coefficient (Wildman–Crippen LogP) is 5.73. The van der Waals surface area contributed by atoms with E-state index >= 15 is 0 Å². The van der Waals surface area contributed by atoms with Crippen LogP contribution in [0.4, 0.5) is 5.69 Å². The van der Waals surface area contributed by atoms with E-state index in [9.17, 15) is 0 Å². The highest BCUT2D eigenvalue weighted by molar-refractivity contribution is 6.32. The van der Waals surface area contributed by atoms with Gasteiger partial charge >= 0.3 is 0 Å². The lowest BCUT2D eigenvalue weighted by Crippen LogP contribution is -2.26. The summed E-state index contributed by atoms with van der Waals surface area (Å²) in [5, 5.41) is 0.786. The lowest BCUT2D eigenvalue weighted by atomic mass is 9.77. The summed E-state index contributed by atoms with van der Waals surface area (Å²) in [5.41, 5.74) is 2.66. The molecule has 1 heterocycles. The Bertz CT molecular complexity index is 451. The topological polar surface area (TPSA) is 3.24 Å². The van der Waals surface area contributed by atoms with Crippen LogP contribution in [0.2, 0.25) is 5.02 Å². The Balaban J connectivity index is 2.09. The quantitative estimate of drug-likeness (QED) is 0.630. The number of rotatable bonds is 2. The van der Waals surface area contributed by atoms with Gasteiger partial charge in [-0.25, -0.2) is 0 Å². The van der Waals surface area contributed by atoms with Crippen LogP contribution >= 0.6 is 23.2 Å². The van der Waals surface area contributed by atoms with E-state index in [-0.39, 0.29) is 0 Å². The molecule has 1 aromatic carbocycles. The van der Waals surface area contributed by atoms with E-state index in [1.807, 2.05) is 0 Å². The molecule has 1 aliphatic rings. The molecule has 1 unspecified atom stereocenters. The Hall–Kier alpha value is -0.400. The van der Waals surface area contributed by atoms with Gasteiger partial charge in [-0.2, -0.15) is 0 Å². The third-order valence-corrected chi connectivity index (χ3v) is 5.14. The van der Waals surface area contributed by atoms with Gasteiger partial charge in [0.15, 0.2) is 0 Å². The average Bonchev–Trinajstić information content (AvgIpc) is 2.63. The number of nitrogens with zero attached hydrogens (tertiary/aromatic N) is 1. The van der Waals surface area contributed by atoms with Gasteiger partial charge in [-0.05, 0) is 48.3 Å². The van der Waals surface area contributed by atoms with Gasteiger partial charge in [-0.15, -0.1) is 11.6 Å². The summed E-state index contributed by atoms with van der Waals surface area (Å²) >= 11 is 12.1. The smallest absolute Gasteiger partial charge is 0.0488 e. The normalized spacial score (nSPS) is 20.9. The minimum absolute atomic E-state index is 0.413. The number of anilines is 1. The Morgan fingerprint density at radius 1 is 1.20 bits per heavy atom. The van der Waals surface area contributed by atoms with E-state index in [1.54, 1.807) is 0 Å². The van der Waals surface area contributed by atoms with Gasteiger partial charge in [0, 0.05) is 29.7 Å². The fourth-order valence-corrected chi connectivity index (χ4v) is 3.60. The lowest BCUT2D eigenvalue weighted by Gasteiger charge is -2.30. The fraction of sp³-hybridized carbons (Fsp3) is 0.647. The first kappa shape index (κ1) is 16.0. The van der Waals surface area contributed by atoms with Crippen molar-refractivity contribution in [3.05, 3.63) is 28.8 Å². The Morgan fingerprint density at radius 3 is 2.55 bits per heavy atom. The van der Waals surface area contributed by atoms with Crippen molar-refractivity contribution in [3.63, 3.8) is 0 Å². The van der Waals surface area contributed by atoms with Crippen molar-refractivity contribution >= 4 is 28.9 Å². The third-order valence-electron chi connectivity index (χ3n) is 4.50. The molecule has 1 saturated heterocycles. The van der Waals surface area contributed by atoms with Crippen LogP contribution in [0.25, 0.3) is 0 Å². The largest absolute Gasteiger partial charge is 0.371 e. The van der Waals surface area contributed by atoms with E-state index in [0.29, 0.717) is 11.3 Å². The molecule has 0 radical (unpaired) electrons. The zero-order valence-corrected chi connectivity index (χ0v) is 14.3. The maximum absolute atomic E-state index is 6.28. The van der Waals surface area contributed by atoms with Gasteiger partial charge in [-0.3, -0.25) is 0 Å². The molecule has 1 aromatic rings. The number of hydrogen-bond acceptors (Lipinski definition) is 1. The molecule has 0 aromatic heterocycles. The molecular weight excluding hydrogens is 289 g/mol. The van der Waals surface area contributed by atoms with Crippen LogP contribution in [0, 0.1) is 11.3 Å². The molecule has 112 valence electrons. The van der Waals surface area contributed by atoms with Gasteiger partial charge in [0.25, 0.3) is 0 Å². The van der Waals surface area contributed by atoms with Gasteiger partial charge in [0.2, 0.25) is 0 Å². The summed E-state index contributed by atoms with van der Waals surface area (Å²) < 4.78 is 0. The zero-order chi connectivity index (χ0) is 14.8. The van der Waals surface area contributed by atoms with Crippen LogP contribution in [0.3, 0.4) is 0 Å². The molecule has 3 heteroatoms. The summed E-state index contributed by atoms with van der Waals surface area (Å²) in [6.07, 6.45) is 3.85. The summed E-state index contributed by atoms with van der Waals surface area (Å²) in [6.45, 7) is 9.33. The number of alkyl halides is 1. The summed E-state index contributed by atoms with van der Waals surface area (Å²) in [7, 11) is 0. The van der Waals surface area contributed by atoms with E-state index in [1.165, 1.54) is 24.9 Å². The molecule has 1 atom stereocenters. The maximum atomic E-state index is 6.28. The molecule has 0 saturated carbocycles. The molecular formula is C17H25Cl2N. The minimum atomic E-state index is 0.413.